The average molecular weight is 327 g/mol. The molecule has 7 heteroatoms. The molecule has 0 unspecified atom stereocenters. The van der Waals surface area contributed by atoms with E-state index in [1.165, 1.54) is 12.8 Å². The first-order valence-electron chi connectivity index (χ1n) is 8.46. The smallest absolute Gasteiger partial charge is 0.275 e. The Morgan fingerprint density at radius 1 is 1.12 bits per heavy atom. The number of H-pyrrole nitrogens is 1. The molecule has 1 aromatic heterocycles. The zero-order valence-electron chi connectivity index (χ0n) is 13.5. The summed E-state index contributed by atoms with van der Waals surface area (Å²) in [5, 5.41) is 11.2. The van der Waals surface area contributed by atoms with E-state index in [1.807, 2.05) is 29.2 Å². The van der Waals surface area contributed by atoms with E-state index in [0.717, 1.165) is 10.9 Å². The quantitative estimate of drug-likeness (QED) is 0.862. The summed E-state index contributed by atoms with van der Waals surface area (Å²) < 4.78 is 0. The van der Waals surface area contributed by atoms with Crippen LogP contribution in [0.2, 0.25) is 0 Å². The molecule has 1 aliphatic carbocycles. The number of aromatic nitrogens is 2. The number of hydrogen-bond donors (Lipinski definition) is 2. The maximum atomic E-state index is 12.7. The molecule has 0 spiro atoms. The molecule has 1 saturated heterocycles. The number of carbonyl (C=O) groups excluding carboxylic acids is 2. The van der Waals surface area contributed by atoms with Crippen molar-refractivity contribution in [3.8, 4) is 0 Å². The van der Waals surface area contributed by atoms with E-state index in [9.17, 15) is 9.59 Å². The van der Waals surface area contributed by atoms with Gasteiger partial charge in [-0.05, 0) is 18.9 Å². The van der Waals surface area contributed by atoms with E-state index in [0.29, 0.717) is 44.5 Å². The Kier molecular flexibility index (Phi) is 3.93. The van der Waals surface area contributed by atoms with Gasteiger partial charge in [-0.1, -0.05) is 18.2 Å². The van der Waals surface area contributed by atoms with Crippen LogP contribution in [0.15, 0.2) is 24.3 Å². The molecule has 2 aliphatic rings. The van der Waals surface area contributed by atoms with Gasteiger partial charge in [-0.25, -0.2) is 0 Å². The number of fused-ring (bicyclic) bond motifs is 1. The van der Waals surface area contributed by atoms with Crippen molar-refractivity contribution >= 4 is 22.7 Å². The predicted molar refractivity (Wildman–Crippen MR) is 89.6 cm³/mol. The van der Waals surface area contributed by atoms with Crippen molar-refractivity contribution in [3.05, 3.63) is 30.0 Å². The van der Waals surface area contributed by atoms with Crippen molar-refractivity contribution in [3.63, 3.8) is 0 Å². The van der Waals surface area contributed by atoms with E-state index in [-0.39, 0.29) is 11.8 Å². The Balaban J connectivity index is 1.36. The third-order valence-electron chi connectivity index (χ3n) is 4.71. The van der Waals surface area contributed by atoms with Crippen molar-refractivity contribution < 1.29 is 9.59 Å². The summed E-state index contributed by atoms with van der Waals surface area (Å²) in [6.45, 7) is 2.67. The molecule has 2 N–H and O–H groups in total. The monoisotopic (exact) mass is 327 g/mol. The SMILES string of the molecule is O=C(CNC1CC1)N1CCN(C(=O)c2n[nH]c3ccccc23)CC1. The van der Waals surface area contributed by atoms with Gasteiger partial charge in [0.25, 0.3) is 5.91 Å². The average Bonchev–Trinajstić information content (AvgIpc) is 3.36. The number of carbonyl (C=O) groups is 2. The number of aromatic amines is 1. The molecule has 2 amide bonds. The number of para-hydroxylation sites is 1. The van der Waals surface area contributed by atoms with Gasteiger partial charge in [0.05, 0.1) is 12.1 Å². The number of piperazine rings is 1. The number of nitrogens with one attached hydrogen (secondary N) is 2. The van der Waals surface area contributed by atoms with Gasteiger partial charge in [0.2, 0.25) is 5.91 Å². The fourth-order valence-corrected chi connectivity index (χ4v) is 3.07. The molecule has 4 rings (SSSR count). The van der Waals surface area contributed by atoms with Gasteiger partial charge < -0.3 is 15.1 Å². The molecular formula is C17H21N5O2. The Morgan fingerprint density at radius 2 is 1.83 bits per heavy atom. The predicted octanol–water partition coefficient (Wildman–Crippen LogP) is 0.599. The second-order valence-corrected chi connectivity index (χ2v) is 6.45. The summed E-state index contributed by atoms with van der Waals surface area (Å²) in [5.41, 5.74) is 1.32. The minimum Gasteiger partial charge on any atom is -0.338 e. The first-order chi connectivity index (χ1) is 11.7. The van der Waals surface area contributed by atoms with Crippen molar-refractivity contribution in [2.24, 2.45) is 0 Å². The molecule has 1 saturated carbocycles. The van der Waals surface area contributed by atoms with E-state index in [2.05, 4.69) is 15.5 Å². The zero-order chi connectivity index (χ0) is 16.5. The third-order valence-corrected chi connectivity index (χ3v) is 4.71. The number of nitrogens with zero attached hydrogens (tertiary/aromatic N) is 3. The van der Waals surface area contributed by atoms with Gasteiger partial charge in [0.15, 0.2) is 5.69 Å². The van der Waals surface area contributed by atoms with Gasteiger partial charge >= 0.3 is 0 Å². The minimum atomic E-state index is -0.0735. The van der Waals surface area contributed by atoms with Crippen LogP contribution in [-0.2, 0) is 4.79 Å². The highest BCUT2D eigenvalue weighted by molar-refractivity contribution is 6.04. The standard InChI is InChI=1S/C17H21N5O2/c23-15(11-18-12-5-6-12)21-7-9-22(10-8-21)17(24)16-13-3-1-2-4-14(13)19-20-16/h1-4,12,18H,5-11H2,(H,19,20). The molecule has 2 aromatic rings. The summed E-state index contributed by atoms with van der Waals surface area (Å²) in [4.78, 5) is 28.5. The maximum Gasteiger partial charge on any atom is 0.275 e. The molecule has 0 bridgehead atoms. The van der Waals surface area contributed by atoms with Crippen LogP contribution < -0.4 is 5.32 Å². The van der Waals surface area contributed by atoms with Crippen LogP contribution in [0.3, 0.4) is 0 Å². The van der Waals surface area contributed by atoms with E-state index in [1.54, 1.807) is 4.90 Å². The van der Waals surface area contributed by atoms with Crippen molar-refractivity contribution in [2.45, 2.75) is 18.9 Å². The molecule has 2 fully saturated rings. The van der Waals surface area contributed by atoms with E-state index >= 15 is 0 Å². The lowest BCUT2D eigenvalue weighted by Crippen LogP contribution is -2.52. The molecule has 7 nitrogen and oxygen atoms in total. The summed E-state index contributed by atoms with van der Waals surface area (Å²) in [7, 11) is 0. The van der Waals surface area contributed by atoms with Crippen LogP contribution in [-0.4, -0.2) is 70.6 Å². The minimum absolute atomic E-state index is 0.0735. The van der Waals surface area contributed by atoms with E-state index in [4.69, 9.17) is 0 Å². The Morgan fingerprint density at radius 3 is 2.58 bits per heavy atom. The highest BCUT2D eigenvalue weighted by atomic mass is 16.2. The molecule has 24 heavy (non-hydrogen) atoms. The van der Waals surface area contributed by atoms with Gasteiger partial charge in [-0.3, -0.25) is 14.7 Å². The fourth-order valence-electron chi connectivity index (χ4n) is 3.07. The van der Waals surface area contributed by atoms with Crippen LogP contribution in [0.5, 0.6) is 0 Å². The van der Waals surface area contributed by atoms with E-state index < -0.39 is 0 Å². The summed E-state index contributed by atoms with van der Waals surface area (Å²) in [5.74, 6) is 0.0508. The largest absolute Gasteiger partial charge is 0.338 e. The summed E-state index contributed by atoms with van der Waals surface area (Å²) >= 11 is 0. The molecular weight excluding hydrogens is 306 g/mol. The molecule has 126 valence electrons. The van der Waals surface area contributed by atoms with Gasteiger partial charge in [-0.2, -0.15) is 5.10 Å². The third kappa shape index (κ3) is 2.99. The lowest BCUT2D eigenvalue weighted by Gasteiger charge is -2.34. The molecule has 1 aliphatic heterocycles. The van der Waals surface area contributed by atoms with Crippen LogP contribution in [0.1, 0.15) is 23.3 Å². The number of benzene rings is 1. The molecule has 0 radical (unpaired) electrons. The molecule has 0 atom stereocenters. The van der Waals surface area contributed by atoms with Gasteiger partial charge in [0.1, 0.15) is 0 Å². The summed E-state index contributed by atoms with van der Waals surface area (Å²) in [6, 6.07) is 8.15. The zero-order valence-corrected chi connectivity index (χ0v) is 13.5. The highest BCUT2D eigenvalue weighted by Gasteiger charge is 2.28. The number of hydrogen-bond acceptors (Lipinski definition) is 4. The highest BCUT2D eigenvalue weighted by Crippen LogP contribution is 2.19. The van der Waals surface area contributed by atoms with Crippen LogP contribution in [0, 0.1) is 0 Å². The van der Waals surface area contributed by atoms with Crippen molar-refractivity contribution in [1.82, 2.24) is 25.3 Å². The first kappa shape index (κ1) is 15.1. The van der Waals surface area contributed by atoms with Gasteiger partial charge in [-0.15, -0.1) is 0 Å². The maximum absolute atomic E-state index is 12.7. The molecule has 1 aromatic carbocycles. The second-order valence-electron chi connectivity index (χ2n) is 6.45. The number of amides is 2. The van der Waals surface area contributed by atoms with Gasteiger partial charge in [0, 0.05) is 37.6 Å². The first-order valence-corrected chi connectivity index (χ1v) is 8.46. The topological polar surface area (TPSA) is 81.3 Å². The van der Waals surface area contributed by atoms with Crippen LogP contribution >= 0.6 is 0 Å². The van der Waals surface area contributed by atoms with Crippen LogP contribution in [0.25, 0.3) is 10.9 Å². The van der Waals surface area contributed by atoms with Crippen molar-refractivity contribution in [1.29, 1.82) is 0 Å². The second kappa shape index (κ2) is 6.24. The van der Waals surface area contributed by atoms with Crippen molar-refractivity contribution in [2.75, 3.05) is 32.7 Å². The molecule has 2 heterocycles. The Bertz CT molecular complexity index is 759. The summed E-state index contributed by atoms with van der Waals surface area (Å²) in [6.07, 6.45) is 2.35. The lowest BCUT2D eigenvalue weighted by molar-refractivity contribution is -0.131. The number of rotatable bonds is 4. The Labute approximate surface area is 140 Å². The normalized spacial score (nSPS) is 18.2. The lowest BCUT2D eigenvalue weighted by atomic mass is 10.2. The Hall–Kier alpha value is -2.41. The van der Waals surface area contributed by atoms with Crippen LogP contribution in [0.4, 0.5) is 0 Å². The fraction of sp³-hybridized carbons (Fsp3) is 0.471.